The lowest BCUT2D eigenvalue weighted by molar-refractivity contribution is -0.129. The fourth-order valence-electron chi connectivity index (χ4n) is 1.20. The van der Waals surface area contributed by atoms with Crippen LogP contribution in [0.1, 0.15) is 20.3 Å². The first-order chi connectivity index (χ1) is 7.56. The molecule has 5 N–H and O–H groups in total. The molecule has 0 aliphatic carbocycles. The van der Waals surface area contributed by atoms with Crippen LogP contribution in [-0.2, 0) is 9.59 Å². The van der Waals surface area contributed by atoms with Gasteiger partial charge in [0, 0.05) is 6.21 Å². The molecule has 0 spiro atoms. The van der Waals surface area contributed by atoms with Crippen molar-refractivity contribution in [2.75, 3.05) is 13.1 Å². The van der Waals surface area contributed by atoms with Crippen molar-refractivity contribution in [1.82, 2.24) is 10.6 Å². The highest BCUT2D eigenvalue weighted by Crippen LogP contribution is 2.07. The van der Waals surface area contributed by atoms with Crippen molar-refractivity contribution in [3.63, 3.8) is 0 Å². The minimum Gasteiger partial charge on any atom is -0.349 e. The summed E-state index contributed by atoms with van der Waals surface area (Å²) in [4.78, 5) is 22.8. The lowest BCUT2D eigenvalue weighted by Gasteiger charge is -2.22. The summed E-state index contributed by atoms with van der Waals surface area (Å²) in [5.41, 5.74) is 5.18. The molecule has 0 aromatic heterocycles. The summed E-state index contributed by atoms with van der Waals surface area (Å²) in [7, 11) is 0. The van der Waals surface area contributed by atoms with Gasteiger partial charge in [0.2, 0.25) is 11.8 Å². The van der Waals surface area contributed by atoms with Gasteiger partial charge in [-0.1, -0.05) is 20.3 Å². The van der Waals surface area contributed by atoms with Crippen LogP contribution < -0.4 is 16.4 Å². The second-order valence-electron chi connectivity index (χ2n) is 3.58. The van der Waals surface area contributed by atoms with Crippen molar-refractivity contribution in [2.24, 2.45) is 11.7 Å². The predicted molar refractivity (Wildman–Crippen MR) is 62.2 cm³/mol. The van der Waals surface area contributed by atoms with E-state index in [1.54, 1.807) is 0 Å². The summed E-state index contributed by atoms with van der Waals surface area (Å²) >= 11 is 0. The van der Waals surface area contributed by atoms with Crippen molar-refractivity contribution in [3.8, 4) is 0 Å². The van der Waals surface area contributed by atoms with E-state index in [1.807, 2.05) is 13.8 Å². The maximum Gasteiger partial charge on any atom is 0.243 e. The molecule has 0 heterocycles. The Kier molecular flexibility index (Phi) is 7.11. The first-order valence-corrected chi connectivity index (χ1v) is 5.32. The number of amides is 2. The molecule has 0 aliphatic heterocycles. The molecule has 6 heteroatoms. The summed E-state index contributed by atoms with van der Waals surface area (Å²) in [6, 6.07) is -0.582. The molecule has 0 aliphatic rings. The van der Waals surface area contributed by atoms with Gasteiger partial charge in [-0.15, -0.1) is 0 Å². The fraction of sp³-hybridized carbons (Fsp3) is 0.700. The molecule has 0 saturated carbocycles. The predicted octanol–water partition coefficient (Wildman–Crippen LogP) is -0.758. The van der Waals surface area contributed by atoms with Crippen LogP contribution in [0.15, 0.2) is 0 Å². The van der Waals surface area contributed by atoms with Crippen LogP contribution in [0.3, 0.4) is 0 Å². The van der Waals surface area contributed by atoms with Crippen LogP contribution in [0.2, 0.25) is 0 Å². The zero-order valence-electron chi connectivity index (χ0n) is 9.75. The van der Waals surface area contributed by atoms with Gasteiger partial charge < -0.3 is 21.8 Å². The summed E-state index contributed by atoms with van der Waals surface area (Å²) in [5.74, 6) is -0.601. The molecule has 0 aromatic rings. The van der Waals surface area contributed by atoms with E-state index in [-0.39, 0.29) is 30.8 Å². The number of hydrogen-bond donors (Lipinski definition) is 4. The minimum absolute atomic E-state index is 0.0289. The first-order valence-electron chi connectivity index (χ1n) is 5.32. The maximum atomic E-state index is 11.7. The van der Waals surface area contributed by atoms with Crippen molar-refractivity contribution in [2.45, 2.75) is 26.3 Å². The van der Waals surface area contributed by atoms with E-state index in [0.29, 0.717) is 0 Å². The second-order valence-corrected chi connectivity index (χ2v) is 3.58. The van der Waals surface area contributed by atoms with E-state index in [1.165, 1.54) is 0 Å². The van der Waals surface area contributed by atoms with E-state index in [0.717, 1.165) is 12.6 Å². The highest BCUT2D eigenvalue weighted by Gasteiger charge is 2.24. The second kappa shape index (κ2) is 7.81. The molecule has 0 saturated heterocycles. The molecule has 1 unspecified atom stereocenters. The Morgan fingerprint density at radius 1 is 1.50 bits per heavy atom. The Labute approximate surface area is 95.5 Å². The van der Waals surface area contributed by atoms with Crippen molar-refractivity contribution in [1.29, 1.82) is 5.41 Å². The smallest absolute Gasteiger partial charge is 0.243 e. The molecule has 92 valence electrons. The van der Waals surface area contributed by atoms with Crippen molar-refractivity contribution in [3.05, 3.63) is 0 Å². The summed E-state index contributed by atoms with van der Waals surface area (Å²) in [5, 5.41) is 11.9. The number of hydrogen-bond acceptors (Lipinski definition) is 4. The lowest BCUT2D eigenvalue weighted by Crippen LogP contribution is -2.51. The van der Waals surface area contributed by atoms with Gasteiger partial charge in [-0.05, 0) is 5.92 Å². The van der Waals surface area contributed by atoms with Crippen LogP contribution in [0.4, 0.5) is 0 Å². The normalized spacial score (nSPS) is 13.7. The van der Waals surface area contributed by atoms with Crippen LogP contribution in [-0.4, -0.2) is 37.2 Å². The molecule has 0 radical (unpaired) electrons. The number of carbonyl (C=O) groups is 2. The van der Waals surface area contributed by atoms with Crippen LogP contribution in [0.5, 0.6) is 0 Å². The standard InChI is InChI=1S/C10H20N4O2/c1-3-7(2)9(14-8(15)6-12)10(16)13-5-4-11/h4,7,9,11H,3,5-6,12H2,1-2H3,(H,13,16)(H,14,15)/t7?,9-/m0/s1. The monoisotopic (exact) mass is 228 g/mol. The molecule has 0 fully saturated rings. The van der Waals surface area contributed by atoms with Gasteiger partial charge in [-0.25, -0.2) is 0 Å². The van der Waals surface area contributed by atoms with Gasteiger partial charge >= 0.3 is 0 Å². The minimum atomic E-state index is -0.582. The molecule has 0 rings (SSSR count). The average Bonchev–Trinajstić information content (AvgIpc) is 2.31. The van der Waals surface area contributed by atoms with Crippen molar-refractivity contribution < 1.29 is 9.59 Å². The van der Waals surface area contributed by atoms with E-state index in [9.17, 15) is 9.59 Å². The Hall–Kier alpha value is -1.43. The third-order valence-electron chi connectivity index (χ3n) is 2.38. The average molecular weight is 228 g/mol. The molecule has 16 heavy (non-hydrogen) atoms. The molecule has 2 atom stereocenters. The molecule has 0 aromatic carbocycles. The Morgan fingerprint density at radius 3 is 2.56 bits per heavy atom. The topological polar surface area (TPSA) is 108 Å². The number of nitrogens with two attached hydrogens (primary N) is 1. The lowest BCUT2D eigenvalue weighted by atomic mass is 9.98. The Morgan fingerprint density at radius 2 is 2.12 bits per heavy atom. The van der Waals surface area contributed by atoms with Gasteiger partial charge in [0.1, 0.15) is 6.04 Å². The van der Waals surface area contributed by atoms with Gasteiger partial charge in [-0.2, -0.15) is 0 Å². The van der Waals surface area contributed by atoms with E-state index < -0.39 is 6.04 Å². The van der Waals surface area contributed by atoms with Crippen LogP contribution in [0, 0.1) is 11.3 Å². The summed E-state index contributed by atoms with van der Waals surface area (Å²) in [6.07, 6.45) is 1.86. The third kappa shape index (κ3) is 4.88. The van der Waals surface area contributed by atoms with E-state index >= 15 is 0 Å². The van der Waals surface area contributed by atoms with Gasteiger partial charge in [0.15, 0.2) is 0 Å². The Balaban J connectivity index is 4.46. The number of rotatable bonds is 7. The summed E-state index contributed by atoms with van der Waals surface area (Å²) in [6.45, 7) is 3.86. The molecule has 2 amide bonds. The van der Waals surface area contributed by atoms with Gasteiger partial charge in [0.05, 0.1) is 13.1 Å². The molecule has 6 nitrogen and oxygen atoms in total. The van der Waals surface area contributed by atoms with Gasteiger partial charge in [-0.3, -0.25) is 9.59 Å². The first kappa shape index (κ1) is 14.6. The summed E-state index contributed by atoms with van der Waals surface area (Å²) < 4.78 is 0. The third-order valence-corrected chi connectivity index (χ3v) is 2.38. The highest BCUT2D eigenvalue weighted by atomic mass is 16.2. The molecular weight excluding hydrogens is 208 g/mol. The van der Waals surface area contributed by atoms with E-state index in [4.69, 9.17) is 11.1 Å². The van der Waals surface area contributed by atoms with E-state index in [2.05, 4.69) is 10.6 Å². The number of nitrogens with one attached hydrogen (secondary N) is 3. The van der Waals surface area contributed by atoms with Gasteiger partial charge in [0.25, 0.3) is 0 Å². The number of carbonyl (C=O) groups excluding carboxylic acids is 2. The fourth-order valence-corrected chi connectivity index (χ4v) is 1.20. The largest absolute Gasteiger partial charge is 0.349 e. The highest BCUT2D eigenvalue weighted by molar-refractivity contribution is 5.89. The zero-order chi connectivity index (χ0) is 12.6. The Bertz CT molecular complexity index is 255. The molecule has 0 bridgehead atoms. The van der Waals surface area contributed by atoms with Crippen LogP contribution >= 0.6 is 0 Å². The van der Waals surface area contributed by atoms with Crippen molar-refractivity contribution >= 4 is 18.0 Å². The molecular formula is C10H20N4O2. The quantitative estimate of drug-likeness (QED) is 0.430. The maximum absolute atomic E-state index is 11.7. The zero-order valence-corrected chi connectivity index (χ0v) is 9.75. The SMILES string of the molecule is CCC(C)[C@H](NC(=O)CN)C(=O)NCC=N. The van der Waals surface area contributed by atoms with Crippen LogP contribution in [0.25, 0.3) is 0 Å².